The van der Waals surface area contributed by atoms with Crippen LogP contribution >= 0.6 is 0 Å². The third kappa shape index (κ3) is 8.19. The molecule has 0 heterocycles. The minimum absolute atomic E-state index is 0.00542. The lowest BCUT2D eigenvalue weighted by Gasteiger charge is -2.14. The number of amides is 1. The van der Waals surface area contributed by atoms with Crippen molar-refractivity contribution in [2.45, 2.75) is 45.4 Å². The van der Waals surface area contributed by atoms with Crippen LogP contribution in [0.3, 0.4) is 0 Å². The molecule has 0 fully saturated rings. The Hall–Kier alpha value is -2.44. The van der Waals surface area contributed by atoms with Gasteiger partial charge >= 0.3 is 5.97 Å². The predicted molar refractivity (Wildman–Crippen MR) is 103 cm³/mol. The summed E-state index contributed by atoms with van der Waals surface area (Å²) in [6, 6.07) is 3.70. The van der Waals surface area contributed by atoms with E-state index in [0.717, 1.165) is 24.8 Å². The molecule has 1 amide bonds. The first-order valence-electron chi connectivity index (χ1n) is 9.26. The molecule has 0 unspecified atom stereocenters. The minimum Gasteiger partial charge on any atom is -0.493 e. The number of methoxy groups -OCH3 is 3. The van der Waals surface area contributed by atoms with Gasteiger partial charge in [0.1, 0.15) is 0 Å². The lowest BCUT2D eigenvalue weighted by atomic mass is 10.1. The Morgan fingerprint density at radius 1 is 0.926 bits per heavy atom. The van der Waals surface area contributed by atoms with Crippen molar-refractivity contribution in [3.8, 4) is 17.2 Å². The molecule has 152 valence electrons. The minimum atomic E-state index is -0.160. The van der Waals surface area contributed by atoms with Crippen LogP contribution in [0.4, 0.5) is 0 Å². The van der Waals surface area contributed by atoms with Gasteiger partial charge in [0.15, 0.2) is 11.5 Å². The van der Waals surface area contributed by atoms with Crippen molar-refractivity contribution < 1.29 is 28.5 Å². The van der Waals surface area contributed by atoms with Crippen molar-refractivity contribution >= 4 is 11.9 Å². The lowest BCUT2D eigenvalue weighted by molar-refractivity contribution is -0.143. The third-order valence-electron chi connectivity index (χ3n) is 4.05. The zero-order valence-electron chi connectivity index (χ0n) is 16.8. The van der Waals surface area contributed by atoms with E-state index in [1.54, 1.807) is 28.3 Å². The first-order valence-corrected chi connectivity index (χ1v) is 9.26. The standard InChI is InChI=1S/C20H31NO6/c1-5-27-19(23)9-7-6-8-12-21-18(22)11-10-15-13-16(24-2)20(26-4)17(14-15)25-3/h13-14H,5-12H2,1-4H3,(H,21,22). The number of hydrogen-bond donors (Lipinski definition) is 1. The molecule has 0 bridgehead atoms. The monoisotopic (exact) mass is 381 g/mol. The normalized spacial score (nSPS) is 10.2. The zero-order valence-corrected chi connectivity index (χ0v) is 16.8. The number of aryl methyl sites for hydroxylation is 1. The van der Waals surface area contributed by atoms with Crippen molar-refractivity contribution in [3.05, 3.63) is 17.7 Å². The summed E-state index contributed by atoms with van der Waals surface area (Å²) in [5, 5.41) is 2.90. The molecule has 7 nitrogen and oxygen atoms in total. The average molecular weight is 381 g/mol. The van der Waals surface area contributed by atoms with E-state index in [2.05, 4.69) is 5.32 Å². The summed E-state index contributed by atoms with van der Waals surface area (Å²) in [6.07, 6.45) is 3.89. The fourth-order valence-corrected chi connectivity index (χ4v) is 2.66. The predicted octanol–water partition coefficient (Wildman–Crippen LogP) is 2.88. The highest BCUT2D eigenvalue weighted by Crippen LogP contribution is 2.38. The highest BCUT2D eigenvalue weighted by atomic mass is 16.5. The molecule has 0 aliphatic heterocycles. The van der Waals surface area contributed by atoms with Crippen LogP contribution in [-0.2, 0) is 20.7 Å². The van der Waals surface area contributed by atoms with Gasteiger partial charge in [-0.2, -0.15) is 0 Å². The largest absolute Gasteiger partial charge is 0.493 e. The van der Waals surface area contributed by atoms with Crippen molar-refractivity contribution in [3.63, 3.8) is 0 Å². The topological polar surface area (TPSA) is 83.1 Å². The summed E-state index contributed by atoms with van der Waals surface area (Å²) >= 11 is 0. The molecule has 0 saturated carbocycles. The van der Waals surface area contributed by atoms with E-state index in [1.807, 2.05) is 12.1 Å². The number of unbranched alkanes of at least 4 members (excludes halogenated alkanes) is 2. The van der Waals surface area contributed by atoms with Gasteiger partial charge in [0.25, 0.3) is 0 Å². The fourth-order valence-electron chi connectivity index (χ4n) is 2.66. The summed E-state index contributed by atoms with van der Waals surface area (Å²) in [5.74, 6) is 1.53. The molecule has 27 heavy (non-hydrogen) atoms. The van der Waals surface area contributed by atoms with Gasteiger partial charge in [-0.3, -0.25) is 9.59 Å². The second kappa shape index (κ2) is 12.8. The van der Waals surface area contributed by atoms with Crippen LogP contribution in [0.25, 0.3) is 0 Å². The van der Waals surface area contributed by atoms with Crippen LogP contribution < -0.4 is 19.5 Å². The van der Waals surface area contributed by atoms with Crippen molar-refractivity contribution in [2.75, 3.05) is 34.5 Å². The molecule has 0 radical (unpaired) electrons. The first kappa shape index (κ1) is 22.6. The number of carbonyl (C=O) groups excluding carboxylic acids is 2. The second-order valence-corrected chi connectivity index (χ2v) is 6.00. The Labute approximate surface area is 161 Å². The molecule has 0 saturated heterocycles. The highest BCUT2D eigenvalue weighted by Gasteiger charge is 2.13. The van der Waals surface area contributed by atoms with E-state index in [9.17, 15) is 9.59 Å². The molecular formula is C20H31NO6. The number of hydrogen-bond acceptors (Lipinski definition) is 6. The Bertz CT molecular complexity index is 577. The van der Waals surface area contributed by atoms with Crippen LogP contribution in [0, 0.1) is 0 Å². The Balaban J connectivity index is 2.33. The van der Waals surface area contributed by atoms with Crippen LogP contribution in [0.5, 0.6) is 17.2 Å². The van der Waals surface area contributed by atoms with Crippen LogP contribution in [0.1, 0.15) is 44.6 Å². The van der Waals surface area contributed by atoms with E-state index in [1.165, 1.54) is 0 Å². The van der Waals surface area contributed by atoms with Gasteiger partial charge in [-0.1, -0.05) is 6.42 Å². The Morgan fingerprint density at radius 3 is 2.15 bits per heavy atom. The molecule has 0 aliphatic carbocycles. The number of carbonyl (C=O) groups is 2. The van der Waals surface area contributed by atoms with Gasteiger partial charge in [-0.25, -0.2) is 0 Å². The Morgan fingerprint density at radius 2 is 1.59 bits per heavy atom. The van der Waals surface area contributed by atoms with Gasteiger partial charge in [-0.05, 0) is 43.9 Å². The molecule has 1 aromatic carbocycles. The summed E-state index contributed by atoms with van der Waals surface area (Å²) < 4.78 is 20.8. The molecule has 1 rings (SSSR count). The number of benzene rings is 1. The number of ether oxygens (including phenoxy) is 4. The quantitative estimate of drug-likeness (QED) is 0.418. The van der Waals surface area contributed by atoms with Crippen molar-refractivity contribution in [1.82, 2.24) is 5.32 Å². The smallest absolute Gasteiger partial charge is 0.305 e. The summed E-state index contributed by atoms with van der Waals surface area (Å²) in [4.78, 5) is 23.2. The fraction of sp³-hybridized carbons (Fsp3) is 0.600. The second-order valence-electron chi connectivity index (χ2n) is 6.00. The molecule has 1 aromatic rings. The summed E-state index contributed by atoms with van der Waals surface area (Å²) in [6.45, 7) is 2.82. The SMILES string of the molecule is CCOC(=O)CCCCCNC(=O)CCc1cc(OC)c(OC)c(OC)c1. The number of rotatable bonds is 13. The molecular weight excluding hydrogens is 350 g/mol. The van der Waals surface area contributed by atoms with Gasteiger partial charge in [0.05, 0.1) is 27.9 Å². The Kier molecular flexibility index (Phi) is 10.7. The van der Waals surface area contributed by atoms with Crippen molar-refractivity contribution in [1.29, 1.82) is 0 Å². The zero-order chi connectivity index (χ0) is 20.1. The molecule has 7 heteroatoms. The number of nitrogens with one attached hydrogen (secondary N) is 1. The maximum atomic E-state index is 12.0. The summed E-state index contributed by atoms with van der Waals surface area (Å²) in [5.41, 5.74) is 0.939. The summed E-state index contributed by atoms with van der Waals surface area (Å²) in [7, 11) is 4.69. The third-order valence-corrected chi connectivity index (χ3v) is 4.05. The van der Waals surface area contributed by atoms with Crippen LogP contribution in [-0.4, -0.2) is 46.4 Å². The lowest BCUT2D eigenvalue weighted by Crippen LogP contribution is -2.24. The van der Waals surface area contributed by atoms with Crippen molar-refractivity contribution in [2.24, 2.45) is 0 Å². The maximum Gasteiger partial charge on any atom is 0.305 e. The first-order chi connectivity index (χ1) is 13.0. The molecule has 0 spiro atoms. The highest BCUT2D eigenvalue weighted by molar-refractivity contribution is 5.76. The van der Waals surface area contributed by atoms with Gasteiger partial charge in [0, 0.05) is 19.4 Å². The molecule has 1 N–H and O–H groups in total. The van der Waals surface area contributed by atoms with Gasteiger partial charge in [0.2, 0.25) is 11.7 Å². The van der Waals surface area contributed by atoms with Gasteiger partial charge < -0.3 is 24.3 Å². The van der Waals surface area contributed by atoms with E-state index in [0.29, 0.717) is 49.7 Å². The molecule has 0 atom stereocenters. The average Bonchev–Trinajstić information content (AvgIpc) is 2.68. The van der Waals surface area contributed by atoms with Gasteiger partial charge in [-0.15, -0.1) is 0 Å². The maximum absolute atomic E-state index is 12.0. The van der Waals surface area contributed by atoms with E-state index in [4.69, 9.17) is 18.9 Å². The van der Waals surface area contributed by atoms with E-state index in [-0.39, 0.29) is 11.9 Å². The number of esters is 1. The van der Waals surface area contributed by atoms with Crippen LogP contribution in [0.15, 0.2) is 12.1 Å². The molecule has 0 aromatic heterocycles. The molecule has 0 aliphatic rings. The van der Waals surface area contributed by atoms with E-state index >= 15 is 0 Å². The van der Waals surface area contributed by atoms with Crippen LogP contribution in [0.2, 0.25) is 0 Å². The van der Waals surface area contributed by atoms with E-state index < -0.39 is 0 Å².